The zero-order valence-corrected chi connectivity index (χ0v) is 11.9. The molecule has 0 atom stereocenters. The van der Waals surface area contributed by atoms with E-state index in [1.165, 1.54) is 21.3 Å². The van der Waals surface area contributed by atoms with Gasteiger partial charge in [-0.2, -0.15) is 0 Å². The first-order chi connectivity index (χ1) is 8.85. The molecule has 0 fully saturated rings. The average Bonchev–Trinajstić information content (AvgIpc) is 2.40. The number of nitrogens with two attached hydrogens (primary N) is 1. The lowest BCUT2D eigenvalue weighted by Crippen LogP contribution is -2.38. The number of methoxy groups -OCH3 is 3. The molecule has 0 spiro atoms. The summed E-state index contributed by atoms with van der Waals surface area (Å²) in [6.07, 6.45) is 0. The Bertz CT molecular complexity index is 472. The molecule has 1 amide bonds. The summed E-state index contributed by atoms with van der Waals surface area (Å²) in [5.74, 6) is 0.695. The molecule has 0 bridgehead atoms. The van der Waals surface area contributed by atoms with Gasteiger partial charge in [-0.25, -0.2) is 0 Å². The number of rotatable bonds is 5. The summed E-state index contributed by atoms with van der Waals surface area (Å²) < 4.78 is 15.4. The van der Waals surface area contributed by atoms with Gasteiger partial charge in [0.2, 0.25) is 0 Å². The Kier molecular flexibility index (Phi) is 4.61. The van der Waals surface area contributed by atoms with Gasteiger partial charge in [0, 0.05) is 19.2 Å². The molecule has 0 aromatic heterocycles. The van der Waals surface area contributed by atoms with Gasteiger partial charge in [-0.3, -0.25) is 4.79 Å². The highest BCUT2D eigenvalue weighted by atomic mass is 16.5. The second kappa shape index (κ2) is 5.79. The van der Waals surface area contributed by atoms with Gasteiger partial charge < -0.3 is 25.3 Å². The van der Waals surface area contributed by atoms with E-state index in [1.54, 1.807) is 26.0 Å². The van der Waals surface area contributed by atoms with E-state index in [0.29, 0.717) is 22.9 Å². The summed E-state index contributed by atoms with van der Waals surface area (Å²) in [5.41, 5.74) is 5.76. The molecule has 0 saturated heterocycles. The lowest BCUT2D eigenvalue weighted by molar-refractivity contribution is -0.133. The molecule has 0 aliphatic carbocycles. The largest absolute Gasteiger partial charge is 0.493 e. The predicted molar refractivity (Wildman–Crippen MR) is 73.7 cm³/mol. The number of benzene rings is 1. The lowest BCUT2D eigenvalue weighted by Gasteiger charge is -2.22. The first-order valence-electron chi connectivity index (χ1n) is 5.73. The summed E-state index contributed by atoms with van der Waals surface area (Å²) in [6.45, 7) is 3.33. The molecule has 1 aromatic rings. The van der Waals surface area contributed by atoms with Gasteiger partial charge in [0.25, 0.3) is 5.91 Å². The quantitative estimate of drug-likeness (QED) is 0.793. The summed E-state index contributed by atoms with van der Waals surface area (Å²) in [5, 5.41) is 2.70. The molecule has 0 radical (unpaired) electrons. The third-order valence-corrected chi connectivity index (χ3v) is 2.86. The number of carbonyl (C=O) groups is 1. The number of anilines is 2. The Morgan fingerprint density at radius 3 is 2.16 bits per heavy atom. The normalized spacial score (nSPS) is 11.0. The molecule has 1 rings (SSSR count). The molecule has 0 unspecified atom stereocenters. The van der Waals surface area contributed by atoms with Gasteiger partial charge in [-0.1, -0.05) is 0 Å². The van der Waals surface area contributed by atoms with Gasteiger partial charge in [0.1, 0.15) is 5.60 Å². The number of nitrogens with one attached hydrogen (secondary N) is 1. The van der Waals surface area contributed by atoms with Crippen molar-refractivity contribution in [3.8, 4) is 11.5 Å². The summed E-state index contributed by atoms with van der Waals surface area (Å²) in [4.78, 5) is 12.0. The van der Waals surface area contributed by atoms with E-state index in [2.05, 4.69) is 5.32 Å². The molecule has 0 aliphatic rings. The third kappa shape index (κ3) is 3.29. The van der Waals surface area contributed by atoms with Crippen molar-refractivity contribution in [1.82, 2.24) is 0 Å². The van der Waals surface area contributed by atoms with Crippen molar-refractivity contribution in [3.05, 3.63) is 12.1 Å². The van der Waals surface area contributed by atoms with Crippen LogP contribution in [0.3, 0.4) is 0 Å². The number of ether oxygens (including phenoxy) is 3. The second-order valence-corrected chi connectivity index (χ2v) is 4.46. The van der Waals surface area contributed by atoms with Gasteiger partial charge in [0.15, 0.2) is 11.5 Å². The molecule has 6 heteroatoms. The first-order valence-corrected chi connectivity index (χ1v) is 5.73. The fraction of sp³-hybridized carbons (Fsp3) is 0.462. The molecular formula is C13H20N2O4. The van der Waals surface area contributed by atoms with Gasteiger partial charge in [0.05, 0.1) is 25.6 Å². The maximum atomic E-state index is 12.0. The summed E-state index contributed by atoms with van der Waals surface area (Å²) in [7, 11) is 4.50. The molecule has 0 saturated carbocycles. The molecular weight excluding hydrogens is 248 g/mol. The number of nitrogen functional groups attached to an aromatic ring is 1. The van der Waals surface area contributed by atoms with Crippen LogP contribution in [0.4, 0.5) is 11.4 Å². The molecule has 0 aliphatic heterocycles. The van der Waals surface area contributed by atoms with E-state index < -0.39 is 5.60 Å². The summed E-state index contributed by atoms with van der Waals surface area (Å²) >= 11 is 0. The van der Waals surface area contributed by atoms with Crippen LogP contribution < -0.4 is 20.5 Å². The molecule has 1 aromatic carbocycles. The maximum Gasteiger partial charge on any atom is 0.256 e. The van der Waals surface area contributed by atoms with Gasteiger partial charge in [-0.15, -0.1) is 0 Å². The van der Waals surface area contributed by atoms with Crippen LogP contribution in [0.2, 0.25) is 0 Å². The standard InChI is InChI=1S/C13H20N2O4/c1-13(2,19-5)12(16)15-9-7-11(18-4)10(17-3)6-8(9)14/h6-7H,14H2,1-5H3,(H,15,16). The van der Waals surface area contributed by atoms with Gasteiger partial charge >= 0.3 is 0 Å². The number of carbonyl (C=O) groups excluding carboxylic acids is 1. The van der Waals surface area contributed by atoms with E-state index >= 15 is 0 Å². The zero-order chi connectivity index (χ0) is 14.6. The maximum absolute atomic E-state index is 12.0. The highest BCUT2D eigenvalue weighted by Crippen LogP contribution is 2.35. The van der Waals surface area contributed by atoms with Crippen molar-refractivity contribution in [2.45, 2.75) is 19.4 Å². The minimum absolute atomic E-state index is 0.297. The molecule has 6 nitrogen and oxygen atoms in total. The SMILES string of the molecule is COc1cc(N)c(NC(=O)C(C)(C)OC)cc1OC. The van der Waals surface area contributed by atoms with Crippen LogP contribution in [0.15, 0.2) is 12.1 Å². The highest BCUT2D eigenvalue weighted by molar-refractivity contribution is 5.99. The van der Waals surface area contributed by atoms with E-state index in [1.807, 2.05) is 0 Å². The van der Waals surface area contributed by atoms with Crippen molar-refractivity contribution < 1.29 is 19.0 Å². The van der Waals surface area contributed by atoms with E-state index in [-0.39, 0.29) is 5.91 Å². The first kappa shape index (κ1) is 15.1. The van der Waals surface area contributed by atoms with Crippen LogP contribution in [0.5, 0.6) is 11.5 Å². The Morgan fingerprint density at radius 1 is 1.16 bits per heavy atom. The van der Waals surface area contributed by atoms with Gasteiger partial charge in [-0.05, 0) is 13.8 Å². The average molecular weight is 268 g/mol. The smallest absolute Gasteiger partial charge is 0.256 e. The molecule has 19 heavy (non-hydrogen) atoms. The predicted octanol–water partition coefficient (Wildman–Crippen LogP) is 1.65. The van der Waals surface area contributed by atoms with Crippen LogP contribution in [-0.2, 0) is 9.53 Å². The number of hydrogen-bond acceptors (Lipinski definition) is 5. The van der Waals surface area contributed by atoms with E-state index in [4.69, 9.17) is 19.9 Å². The molecule has 106 valence electrons. The van der Waals surface area contributed by atoms with Crippen molar-refractivity contribution in [2.75, 3.05) is 32.4 Å². The van der Waals surface area contributed by atoms with Crippen LogP contribution >= 0.6 is 0 Å². The fourth-order valence-electron chi connectivity index (χ4n) is 1.37. The third-order valence-electron chi connectivity index (χ3n) is 2.86. The van der Waals surface area contributed by atoms with E-state index in [0.717, 1.165) is 0 Å². The Hall–Kier alpha value is -1.95. The lowest BCUT2D eigenvalue weighted by atomic mass is 10.1. The minimum Gasteiger partial charge on any atom is -0.493 e. The second-order valence-electron chi connectivity index (χ2n) is 4.46. The minimum atomic E-state index is -0.945. The number of hydrogen-bond donors (Lipinski definition) is 2. The van der Waals surface area contributed by atoms with Crippen molar-refractivity contribution in [1.29, 1.82) is 0 Å². The number of amides is 1. The van der Waals surface area contributed by atoms with E-state index in [9.17, 15) is 4.79 Å². The van der Waals surface area contributed by atoms with Crippen LogP contribution in [-0.4, -0.2) is 32.8 Å². The molecule has 3 N–H and O–H groups in total. The Balaban J connectivity index is 3.05. The Labute approximate surface area is 112 Å². The zero-order valence-electron chi connectivity index (χ0n) is 11.9. The topological polar surface area (TPSA) is 82.8 Å². The van der Waals surface area contributed by atoms with Crippen molar-refractivity contribution in [3.63, 3.8) is 0 Å². The molecule has 0 heterocycles. The van der Waals surface area contributed by atoms with Crippen LogP contribution in [0, 0.1) is 0 Å². The Morgan fingerprint density at radius 2 is 1.68 bits per heavy atom. The van der Waals surface area contributed by atoms with Crippen molar-refractivity contribution >= 4 is 17.3 Å². The van der Waals surface area contributed by atoms with Crippen LogP contribution in [0.25, 0.3) is 0 Å². The fourth-order valence-corrected chi connectivity index (χ4v) is 1.37. The highest BCUT2D eigenvalue weighted by Gasteiger charge is 2.27. The van der Waals surface area contributed by atoms with Crippen molar-refractivity contribution in [2.24, 2.45) is 0 Å². The van der Waals surface area contributed by atoms with Crippen LogP contribution in [0.1, 0.15) is 13.8 Å². The monoisotopic (exact) mass is 268 g/mol. The summed E-state index contributed by atoms with van der Waals surface area (Å²) in [6, 6.07) is 3.20.